The van der Waals surface area contributed by atoms with E-state index >= 15 is 0 Å². The van der Waals surface area contributed by atoms with Gasteiger partial charge in [0.15, 0.2) is 5.78 Å². The zero-order valence-electron chi connectivity index (χ0n) is 10.3. The van der Waals surface area contributed by atoms with Crippen molar-refractivity contribution in [1.82, 2.24) is 4.90 Å². The minimum Gasteiger partial charge on any atom is -0.396 e. The number of ketones is 1. The molecule has 18 heavy (non-hydrogen) atoms. The van der Waals surface area contributed by atoms with Crippen LogP contribution in [0.15, 0.2) is 12.1 Å². The Morgan fingerprint density at radius 3 is 3.06 bits per heavy atom. The lowest BCUT2D eigenvalue weighted by Gasteiger charge is -2.31. The average Bonchev–Trinajstić information content (AvgIpc) is 2.77. The van der Waals surface area contributed by atoms with Crippen molar-refractivity contribution in [1.29, 1.82) is 0 Å². The Morgan fingerprint density at radius 1 is 1.56 bits per heavy atom. The number of hydrogen-bond donors (Lipinski definition) is 1. The molecule has 1 N–H and O–H groups in total. The number of Topliss-reactive ketones (excluding diaryl/α,β-unsaturated/α-hetero) is 1. The summed E-state index contributed by atoms with van der Waals surface area (Å²) in [4.78, 5) is 15.0. The number of rotatable bonds is 5. The highest BCUT2D eigenvalue weighted by atomic mass is 35.5. The highest BCUT2D eigenvalue weighted by Gasteiger charge is 2.22. The van der Waals surface area contributed by atoms with Crippen molar-refractivity contribution in [3.63, 3.8) is 0 Å². The molecular weight excluding hydrogens is 270 g/mol. The minimum atomic E-state index is 0.150. The smallest absolute Gasteiger partial charge is 0.186 e. The molecule has 1 aliphatic rings. The molecule has 0 saturated carbocycles. The van der Waals surface area contributed by atoms with E-state index in [1.54, 1.807) is 12.1 Å². The first kappa shape index (κ1) is 14.0. The fourth-order valence-electron chi connectivity index (χ4n) is 2.46. The van der Waals surface area contributed by atoms with Gasteiger partial charge in [0, 0.05) is 13.2 Å². The van der Waals surface area contributed by atoms with Crippen LogP contribution >= 0.6 is 22.9 Å². The lowest BCUT2D eigenvalue weighted by molar-refractivity contribution is 0.0875. The summed E-state index contributed by atoms with van der Waals surface area (Å²) >= 11 is 7.18. The first-order valence-electron chi connectivity index (χ1n) is 6.31. The molecule has 1 aromatic rings. The Kier molecular flexibility index (Phi) is 5.18. The summed E-state index contributed by atoms with van der Waals surface area (Å²) in [5, 5.41) is 8.97. The van der Waals surface area contributed by atoms with Crippen LogP contribution in [0.2, 0.25) is 4.34 Å². The lowest BCUT2D eigenvalue weighted by atomic mass is 9.95. The van der Waals surface area contributed by atoms with Gasteiger partial charge in [-0.05, 0) is 43.9 Å². The van der Waals surface area contributed by atoms with Crippen LogP contribution in [-0.4, -0.2) is 42.0 Å². The molecular formula is C13H18ClNO2S. The van der Waals surface area contributed by atoms with E-state index in [2.05, 4.69) is 4.90 Å². The quantitative estimate of drug-likeness (QED) is 0.847. The molecule has 3 nitrogen and oxygen atoms in total. The number of halogens is 1. The van der Waals surface area contributed by atoms with Crippen molar-refractivity contribution < 1.29 is 9.90 Å². The van der Waals surface area contributed by atoms with Gasteiger partial charge in [0.1, 0.15) is 0 Å². The van der Waals surface area contributed by atoms with Crippen LogP contribution in [0.4, 0.5) is 0 Å². The lowest BCUT2D eigenvalue weighted by Crippen LogP contribution is -2.38. The van der Waals surface area contributed by atoms with Gasteiger partial charge in [0.05, 0.1) is 15.8 Å². The summed E-state index contributed by atoms with van der Waals surface area (Å²) in [5.74, 6) is 0.681. The number of hydrogen-bond acceptors (Lipinski definition) is 4. The third-order valence-corrected chi connectivity index (χ3v) is 4.63. The Balaban J connectivity index is 1.87. The molecule has 100 valence electrons. The Morgan fingerprint density at radius 2 is 2.39 bits per heavy atom. The fourth-order valence-corrected chi connectivity index (χ4v) is 3.43. The van der Waals surface area contributed by atoms with Crippen molar-refractivity contribution in [2.45, 2.75) is 19.3 Å². The predicted octanol–water partition coefficient (Wildman–Crippen LogP) is 2.68. The largest absolute Gasteiger partial charge is 0.396 e. The third kappa shape index (κ3) is 3.79. The molecule has 2 heterocycles. The molecule has 0 spiro atoms. The highest BCUT2D eigenvalue weighted by Crippen LogP contribution is 2.23. The van der Waals surface area contributed by atoms with E-state index in [0.29, 0.717) is 16.8 Å². The monoisotopic (exact) mass is 287 g/mol. The molecule has 0 radical (unpaired) electrons. The van der Waals surface area contributed by atoms with Crippen LogP contribution < -0.4 is 0 Å². The second kappa shape index (κ2) is 6.66. The number of nitrogens with zero attached hydrogens (tertiary/aromatic N) is 1. The van der Waals surface area contributed by atoms with E-state index in [-0.39, 0.29) is 12.4 Å². The van der Waals surface area contributed by atoms with Crippen LogP contribution in [0.3, 0.4) is 0 Å². The average molecular weight is 288 g/mol. The van der Waals surface area contributed by atoms with E-state index in [0.717, 1.165) is 37.2 Å². The number of aliphatic hydroxyl groups is 1. The number of piperidine rings is 1. The topological polar surface area (TPSA) is 40.5 Å². The fraction of sp³-hybridized carbons (Fsp3) is 0.615. The van der Waals surface area contributed by atoms with Gasteiger partial charge in [-0.25, -0.2) is 0 Å². The Hall–Kier alpha value is -0.420. The van der Waals surface area contributed by atoms with Crippen LogP contribution in [-0.2, 0) is 0 Å². The number of thiophene rings is 1. The van der Waals surface area contributed by atoms with Crippen LogP contribution in [0, 0.1) is 5.92 Å². The van der Waals surface area contributed by atoms with Crippen molar-refractivity contribution in [3.8, 4) is 0 Å². The summed E-state index contributed by atoms with van der Waals surface area (Å²) in [6.45, 7) is 2.62. The van der Waals surface area contributed by atoms with E-state index in [1.165, 1.54) is 11.3 Å². The van der Waals surface area contributed by atoms with Crippen molar-refractivity contribution >= 4 is 28.7 Å². The van der Waals surface area contributed by atoms with Crippen molar-refractivity contribution in [2.24, 2.45) is 5.92 Å². The van der Waals surface area contributed by atoms with Gasteiger partial charge in [0.25, 0.3) is 0 Å². The molecule has 1 unspecified atom stereocenters. The van der Waals surface area contributed by atoms with E-state index in [4.69, 9.17) is 16.7 Å². The number of aliphatic hydroxyl groups excluding tert-OH is 1. The van der Waals surface area contributed by atoms with Gasteiger partial charge in [-0.3, -0.25) is 9.69 Å². The zero-order valence-corrected chi connectivity index (χ0v) is 11.8. The molecule has 1 fully saturated rings. The van der Waals surface area contributed by atoms with E-state index in [1.807, 2.05) is 0 Å². The molecule has 0 aliphatic carbocycles. The van der Waals surface area contributed by atoms with Crippen LogP contribution in [0.1, 0.15) is 28.9 Å². The SMILES string of the molecule is O=C(CN1CCCC(CCO)C1)c1ccc(Cl)s1. The van der Waals surface area contributed by atoms with Gasteiger partial charge in [-0.15, -0.1) is 11.3 Å². The summed E-state index contributed by atoms with van der Waals surface area (Å²) in [6, 6.07) is 3.56. The maximum Gasteiger partial charge on any atom is 0.186 e. The van der Waals surface area contributed by atoms with Gasteiger partial charge in [-0.2, -0.15) is 0 Å². The molecule has 1 saturated heterocycles. The Bertz CT molecular complexity index is 405. The highest BCUT2D eigenvalue weighted by molar-refractivity contribution is 7.18. The van der Waals surface area contributed by atoms with E-state index in [9.17, 15) is 4.79 Å². The maximum absolute atomic E-state index is 12.1. The molecule has 5 heteroatoms. The van der Waals surface area contributed by atoms with Crippen molar-refractivity contribution in [3.05, 3.63) is 21.3 Å². The molecule has 0 aromatic carbocycles. The summed E-state index contributed by atoms with van der Waals surface area (Å²) < 4.78 is 0.662. The van der Waals surface area contributed by atoms with Crippen LogP contribution in [0.5, 0.6) is 0 Å². The van der Waals surface area contributed by atoms with E-state index < -0.39 is 0 Å². The molecule has 1 aromatic heterocycles. The van der Waals surface area contributed by atoms with Gasteiger partial charge in [-0.1, -0.05) is 11.6 Å². The maximum atomic E-state index is 12.1. The number of likely N-dealkylation sites (tertiary alicyclic amines) is 1. The second-order valence-electron chi connectivity index (χ2n) is 4.78. The zero-order chi connectivity index (χ0) is 13.0. The standard InChI is InChI=1S/C13H18ClNO2S/c14-13-4-3-12(18-13)11(17)9-15-6-1-2-10(8-15)5-7-16/h3-4,10,16H,1-2,5-9H2. The molecule has 2 rings (SSSR count). The summed E-state index contributed by atoms with van der Waals surface area (Å²) in [7, 11) is 0. The van der Waals surface area contributed by atoms with Crippen LogP contribution in [0.25, 0.3) is 0 Å². The third-order valence-electron chi connectivity index (χ3n) is 3.36. The number of carbonyl (C=O) groups excluding carboxylic acids is 1. The minimum absolute atomic E-state index is 0.150. The molecule has 1 atom stereocenters. The first-order valence-corrected chi connectivity index (χ1v) is 7.50. The molecule has 1 aliphatic heterocycles. The summed E-state index contributed by atoms with van der Waals surface area (Å²) in [5.41, 5.74) is 0. The molecule has 0 bridgehead atoms. The first-order chi connectivity index (χ1) is 8.69. The van der Waals surface area contributed by atoms with Crippen molar-refractivity contribution in [2.75, 3.05) is 26.2 Å². The normalized spacial score (nSPS) is 21.1. The van der Waals surface area contributed by atoms with Gasteiger partial charge >= 0.3 is 0 Å². The Labute approximate surface area is 116 Å². The second-order valence-corrected chi connectivity index (χ2v) is 6.50. The number of carbonyl (C=O) groups is 1. The predicted molar refractivity (Wildman–Crippen MR) is 74.5 cm³/mol. The molecule has 0 amide bonds. The summed E-state index contributed by atoms with van der Waals surface area (Å²) in [6.07, 6.45) is 3.12. The van der Waals surface area contributed by atoms with Gasteiger partial charge in [0.2, 0.25) is 0 Å². The van der Waals surface area contributed by atoms with Gasteiger partial charge < -0.3 is 5.11 Å².